The number of aromatic carboxylic acids is 1. The number of carboxylic acid groups (broad SMARTS) is 1. The maximum Gasteiger partial charge on any atom is 0.335 e. The molecule has 0 bridgehead atoms. The Balaban J connectivity index is 1.85. The Morgan fingerprint density at radius 2 is 2.05 bits per heavy atom. The number of benzene rings is 2. The Morgan fingerprint density at radius 1 is 1.24 bits per heavy atom. The maximum absolute atomic E-state index is 10.9. The predicted octanol–water partition coefficient (Wildman–Crippen LogP) is 4.36. The van der Waals surface area contributed by atoms with Gasteiger partial charge in [-0.3, -0.25) is 0 Å². The first-order valence-corrected chi connectivity index (χ1v) is 6.63. The molecule has 0 aliphatic rings. The standard InChI is InChI=1S/C16H11ClO4/c17-13-3-1-2-4-14(13)20-8-11-9-21-15-7-10(16(18)19)5-6-12(11)15/h1-7,9H,8H2,(H,18,19). The highest BCUT2D eigenvalue weighted by molar-refractivity contribution is 6.32. The molecule has 1 aromatic heterocycles. The summed E-state index contributed by atoms with van der Waals surface area (Å²) >= 11 is 6.02. The van der Waals surface area contributed by atoms with E-state index in [0.29, 0.717) is 23.0 Å². The van der Waals surface area contributed by atoms with Crippen LogP contribution in [0.5, 0.6) is 5.75 Å². The van der Waals surface area contributed by atoms with Crippen LogP contribution in [0.3, 0.4) is 0 Å². The minimum absolute atomic E-state index is 0.190. The molecule has 0 aliphatic carbocycles. The smallest absolute Gasteiger partial charge is 0.335 e. The van der Waals surface area contributed by atoms with E-state index < -0.39 is 5.97 Å². The minimum Gasteiger partial charge on any atom is -0.487 e. The summed E-state index contributed by atoms with van der Waals surface area (Å²) in [7, 11) is 0. The molecule has 3 aromatic rings. The highest BCUT2D eigenvalue weighted by Crippen LogP contribution is 2.27. The lowest BCUT2D eigenvalue weighted by atomic mass is 10.1. The Morgan fingerprint density at radius 3 is 2.81 bits per heavy atom. The summed E-state index contributed by atoms with van der Waals surface area (Å²) < 4.78 is 11.0. The average molecular weight is 303 g/mol. The summed E-state index contributed by atoms with van der Waals surface area (Å²) in [5.41, 5.74) is 1.55. The number of hydrogen-bond donors (Lipinski definition) is 1. The molecule has 0 saturated carbocycles. The monoisotopic (exact) mass is 302 g/mol. The third-order valence-electron chi connectivity index (χ3n) is 3.12. The number of ether oxygens (including phenoxy) is 1. The first-order valence-electron chi connectivity index (χ1n) is 6.26. The van der Waals surface area contributed by atoms with Crippen LogP contribution in [0.2, 0.25) is 5.02 Å². The Kier molecular flexibility index (Phi) is 3.54. The van der Waals surface area contributed by atoms with Crippen molar-refractivity contribution in [3.63, 3.8) is 0 Å². The number of furan rings is 1. The number of fused-ring (bicyclic) bond motifs is 1. The fourth-order valence-electron chi connectivity index (χ4n) is 2.05. The Hall–Kier alpha value is -2.46. The fraction of sp³-hybridized carbons (Fsp3) is 0.0625. The van der Waals surface area contributed by atoms with E-state index in [9.17, 15) is 4.79 Å². The molecular weight excluding hydrogens is 292 g/mol. The summed E-state index contributed by atoms with van der Waals surface area (Å²) in [6.07, 6.45) is 1.56. The average Bonchev–Trinajstić information content (AvgIpc) is 2.88. The maximum atomic E-state index is 10.9. The van der Waals surface area contributed by atoms with Crippen molar-refractivity contribution < 1.29 is 19.1 Å². The molecule has 106 valence electrons. The second-order valence-corrected chi connectivity index (χ2v) is 4.90. The van der Waals surface area contributed by atoms with Crippen molar-refractivity contribution in [2.75, 3.05) is 0 Å². The fourth-order valence-corrected chi connectivity index (χ4v) is 2.24. The molecule has 0 saturated heterocycles. The Labute approximate surface area is 125 Å². The molecule has 0 atom stereocenters. The van der Waals surface area contributed by atoms with Gasteiger partial charge in [0.05, 0.1) is 16.8 Å². The molecule has 4 nitrogen and oxygen atoms in total. The van der Waals surface area contributed by atoms with Crippen molar-refractivity contribution in [1.29, 1.82) is 0 Å². The van der Waals surface area contributed by atoms with Crippen LogP contribution in [0.4, 0.5) is 0 Å². The normalized spacial score (nSPS) is 10.7. The van der Waals surface area contributed by atoms with Gasteiger partial charge in [-0.2, -0.15) is 0 Å². The SMILES string of the molecule is O=C(O)c1ccc2c(COc3ccccc3Cl)coc2c1. The van der Waals surface area contributed by atoms with Gasteiger partial charge in [-0.1, -0.05) is 23.7 Å². The van der Waals surface area contributed by atoms with E-state index in [0.717, 1.165) is 10.9 Å². The number of carbonyl (C=O) groups is 1. The van der Waals surface area contributed by atoms with Crippen LogP contribution in [0.1, 0.15) is 15.9 Å². The quantitative estimate of drug-likeness (QED) is 0.777. The summed E-state index contributed by atoms with van der Waals surface area (Å²) in [5.74, 6) is -0.391. The minimum atomic E-state index is -0.984. The molecule has 0 spiro atoms. The van der Waals surface area contributed by atoms with E-state index in [1.54, 1.807) is 30.5 Å². The number of carboxylic acids is 1. The molecule has 2 aromatic carbocycles. The number of rotatable bonds is 4. The van der Waals surface area contributed by atoms with Gasteiger partial charge in [-0.15, -0.1) is 0 Å². The highest BCUT2D eigenvalue weighted by atomic mass is 35.5. The third-order valence-corrected chi connectivity index (χ3v) is 3.43. The van der Waals surface area contributed by atoms with Gasteiger partial charge in [-0.25, -0.2) is 4.79 Å². The molecule has 0 unspecified atom stereocenters. The largest absolute Gasteiger partial charge is 0.487 e. The zero-order valence-electron chi connectivity index (χ0n) is 10.9. The second-order valence-electron chi connectivity index (χ2n) is 4.50. The van der Waals surface area contributed by atoms with Crippen LogP contribution in [-0.4, -0.2) is 11.1 Å². The van der Waals surface area contributed by atoms with Gasteiger partial charge in [-0.05, 0) is 30.3 Å². The van der Waals surface area contributed by atoms with E-state index in [4.69, 9.17) is 25.9 Å². The summed E-state index contributed by atoms with van der Waals surface area (Å²) in [6.45, 7) is 0.295. The predicted molar refractivity (Wildman–Crippen MR) is 79.0 cm³/mol. The summed E-state index contributed by atoms with van der Waals surface area (Å²) in [4.78, 5) is 10.9. The van der Waals surface area contributed by atoms with Crippen LogP contribution in [-0.2, 0) is 6.61 Å². The van der Waals surface area contributed by atoms with Crippen LogP contribution < -0.4 is 4.74 Å². The molecule has 0 amide bonds. The summed E-state index contributed by atoms with van der Waals surface area (Å²) in [5, 5.41) is 10.3. The number of para-hydroxylation sites is 1. The van der Waals surface area contributed by atoms with Crippen molar-refractivity contribution in [1.82, 2.24) is 0 Å². The molecule has 1 heterocycles. The van der Waals surface area contributed by atoms with E-state index in [2.05, 4.69) is 0 Å². The van der Waals surface area contributed by atoms with Gasteiger partial charge in [0.25, 0.3) is 0 Å². The van der Waals surface area contributed by atoms with Gasteiger partial charge in [0, 0.05) is 10.9 Å². The number of halogens is 1. The van der Waals surface area contributed by atoms with E-state index in [-0.39, 0.29) is 5.56 Å². The second kappa shape index (κ2) is 5.50. The lowest BCUT2D eigenvalue weighted by Gasteiger charge is -2.06. The van der Waals surface area contributed by atoms with Crippen LogP contribution in [0.15, 0.2) is 53.1 Å². The number of hydrogen-bond acceptors (Lipinski definition) is 3. The van der Waals surface area contributed by atoms with Gasteiger partial charge >= 0.3 is 5.97 Å². The van der Waals surface area contributed by atoms with Gasteiger partial charge in [0.15, 0.2) is 0 Å². The molecule has 1 N–H and O–H groups in total. The zero-order valence-corrected chi connectivity index (χ0v) is 11.6. The van der Waals surface area contributed by atoms with Crippen molar-refractivity contribution in [3.05, 3.63) is 64.9 Å². The summed E-state index contributed by atoms with van der Waals surface area (Å²) in [6, 6.07) is 12.0. The lowest BCUT2D eigenvalue weighted by molar-refractivity contribution is 0.0697. The van der Waals surface area contributed by atoms with Crippen LogP contribution in [0, 0.1) is 0 Å². The zero-order chi connectivity index (χ0) is 14.8. The molecule has 5 heteroatoms. The van der Waals surface area contributed by atoms with Crippen molar-refractivity contribution in [2.45, 2.75) is 6.61 Å². The van der Waals surface area contributed by atoms with Crippen molar-refractivity contribution in [2.24, 2.45) is 0 Å². The molecule has 0 fully saturated rings. The third kappa shape index (κ3) is 2.71. The Bertz CT molecular complexity index is 807. The molecule has 0 aliphatic heterocycles. The first-order chi connectivity index (χ1) is 10.1. The highest BCUT2D eigenvalue weighted by Gasteiger charge is 2.11. The van der Waals surface area contributed by atoms with Gasteiger partial charge in [0.1, 0.15) is 17.9 Å². The molecule has 0 radical (unpaired) electrons. The molecular formula is C16H11ClO4. The van der Waals surface area contributed by atoms with Crippen molar-refractivity contribution in [3.8, 4) is 5.75 Å². The van der Waals surface area contributed by atoms with E-state index >= 15 is 0 Å². The molecule has 21 heavy (non-hydrogen) atoms. The van der Waals surface area contributed by atoms with E-state index in [1.165, 1.54) is 6.07 Å². The van der Waals surface area contributed by atoms with Crippen LogP contribution >= 0.6 is 11.6 Å². The topological polar surface area (TPSA) is 59.7 Å². The van der Waals surface area contributed by atoms with Gasteiger partial charge in [0.2, 0.25) is 0 Å². The van der Waals surface area contributed by atoms with Crippen LogP contribution in [0.25, 0.3) is 11.0 Å². The van der Waals surface area contributed by atoms with E-state index in [1.807, 2.05) is 12.1 Å². The first kappa shape index (κ1) is 13.5. The van der Waals surface area contributed by atoms with Crippen molar-refractivity contribution >= 4 is 28.5 Å². The lowest BCUT2D eigenvalue weighted by Crippen LogP contribution is -1.96. The molecule has 3 rings (SSSR count). The van der Waals surface area contributed by atoms with Gasteiger partial charge < -0.3 is 14.3 Å².